The molecule has 0 bridgehead atoms. The molecule has 0 radical (unpaired) electrons. The number of rotatable bonds is 6. The Morgan fingerprint density at radius 1 is 1.02 bits per heavy atom. The zero-order chi connectivity index (χ0) is 28.4. The molecular formula is C32H24N4O4. The number of carbonyl (C=O) groups excluding carboxylic acids is 3. The molecule has 0 aromatic heterocycles. The van der Waals surface area contributed by atoms with Gasteiger partial charge in [0.2, 0.25) is 0 Å². The first-order chi connectivity index (χ1) is 19.4. The molecule has 0 saturated heterocycles. The predicted octanol–water partition coefficient (Wildman–Crippen LogP) is 5.33. The molecule has 8 nitrogen and oxygen atoms in total. The number of hydrogen-bond donors (Lipinski definition) is 1. The van der Waals surface area contributed by atoms with Gasteiger partial charge in [0.15, 0.2) is 6.29 Å². The number of carbonyl (C=O) groups is 3. The van der Waals surface area contributed by atoms with E-state index in [1.165, 1.54) is 17.2 Å². The Morgan fingerprint density at radius 2 is 1.68 bits per heavy atom. The van der Waals surface area contributed by atoms with Crippen molar-refractivity contribution in [1.82, 2.24) is 10.4 Å². The highest BCUT2D eigenvalue weighted by molar-refractivity contribution is 6.15. The zero-order valence-electron chi connectivity index (χ0n) is 21.9. The number of hydroxylamine groups is 2. The maximum atomic E-state index is 13.2. The number of allylic oxidation sites excluding steroid dienone is 1. The highest BCUT2D eigenvalue weighted by atomic mass is 16.7. The Hall–Kier alpha value is -5.31. The molecule has 1 aliphatic heterocycles. The number of hydrogen-bond acceptors (Lipinski definition) is 6. The second kappa shape index (κ2) is 10.8. The fourth-order valence-corrected chi connectivity index (χ4v) is 4.88. The molecule has 4 aromatic rings. The van der Waals surface area contributed by atoms with Gasteiger partial charge in [0.25, 0.3) is 11.8 Å². The molecule has 4 aromatic carbocycles. The van der Waals surface area contributed by atoms with Crippen molar-refractivity contribution in [3.8, 4) is 12.1 Å². The highest BCUT2D eigenvalue weighted by Crippen LogP contribution is 2.37. The predicted molar refractivity (Wildman–Crippen MR) is 149 cm³/mol. The number of aldehydes is 1. The van der Waals surface area contributed by atoms with Crippen molar-refractivity contribution in [3.05, 3.63) is 105 Å². The third kappa shape index (κ3) is 4.58. The van der Waals surface area contributed by atoms with Gasteiger partial charge in [-0.05, 0) is 49.2 Å². The van der Waals surface area contributed by atoms with Crippen LogP contribution in [0.25, 0.3) is 21.5 Å². The van der Waals surface area contributed by atoms with Crippen LogP contribution in [0.4, 0.5) is 0 Å². The molecule has 0 saturated carbocycles. The lowest BCUT2D eigenvalue weighted by atomic mass is 9.87. The van der Waals surface area contributed by atoms with Gasteiger partial charge >= 0.3 is 0 Å². The van der Waals surface area contributed by atoms with Crippen LogP contribution in [-0.4, -0.2) is 29.7 Å². The summed E-state index contributed by atoms with van der Waals surface area (Å²) in [5, 5.41) is 26.1. The van der Waals surface area contributed by atoms with Gasteiger partial charge < -0.3 is 5.32 Å². The molecule has 40 heavy (non-hydrogen) atoms. The summed E-state index contributed by atoms with van der Waals surface area (Å²) in [6, 6.07) is 20.0. The first-order valence-electron chi connectivity index (χ1n) is 12.6. The number of nitriles is 2. The first-order valence-corrected chi connectivity index (χ1v) is 12.6. The van der Waals surface area contributed by atoms with Gasteiger partial charge in [-0.25, -0.2) is 5.06 Å². The van der Waals surface area contributed by atoms with E-state index >= 15 is 0 Å². The van der Waals surface area contributed by atoms with Crippen molar-refractivity contribution in [3.63, 3.8) is 0 Å². The van der Waals surface area contributed by atoms with Gasteiger partial charge in [0, 0.05) is 39.2 Å². The summed E-state index contributed by atoms with van der Waals surface area (Å²) >= 11 is 0. The van der Waals surface area contributed by atoms with Crippen LogP contribution in [0, 0.1) is 22.7 Å². The molecule has 5 rings (SSSR count). The second-order valence-electron chi connectivity index (χ2n) is 9.55. The monoisotopic (exact) mass is 528 g/mol. The largest absolute Gasteiger partial charge is 0.348 e. The fourth-order valence-electron chi connectivity index (χ4n) is 4.88. The van der Waals surface area contributed by atoms with E-state index in [4.69, 9.17) is 4.84 Å². The Morgan fingerprint density at radius 3 is 2.33 bits per heavy atom. The van der Waals surface area contributed by atoms with Crippen LogP contribution in [0.15, 0.2) is 66.2 Å². The lowest BCUT2D eigenvalue weighted by Gasteiger charge is -2.28. The molecule has 0 aliphatic carbocycles. The number of amides is 2. The van der Waals surface area contributed by atoms with Gasteiger partial charge in [0.05, 0.1) is 23.2 Å². The van der Waals surface area contributed by atoms with Gasteiger partial charge in [-0.3, -0.25) is 19.2 Å². The van der Waals surface area contributed by atoms with Crippen LogP contribution < -0.4 is 5.32 Å². The zero-order valence-corrected chi connectivity index (χ0v) is 21.9. The van der Waals surface area contributed by atoms with E-state index in [9.17, 15) is 24.9 Å². The van der Waals surface area contributed by atoms with Crippen molar-refractivity contribution < 1.29 is 19.2 Å². The molecular weight excluding hydrogens is 504 g/mol. The molecule has 8 heteroatoms. The van der Waals surface area contributed by atoms with Crippen molar-refractivity contribution in [2.45, 2.75) is 27.0 Å². The topological polar surface area (TPSA) is 123 Å². The Bertz CT molecular complexity index is 1830. The van der Waals surface area contributed by atoms with E-state index in [2.05, 4.69) is 17.5 Å². The number of fused-ring (bicyclic) bond motifs is 3. The van der Waals surface area contributed by atoms with Crippen molar-refractivity contribution in [1.29, 1.82) is 10.5 Å². The number of nitrogens with zero attached hydrogens (tertiary/aromatic N) is 3. The van der Waals surface area contributed by atoms with E-state index < -0.39 is 5.91 Å². The van der Waals surface area contributed by atoms with E-state index in [0.717, 1.165) is 11.1 Å². The van der Waals surface area contributed by atoms with Gasteiger partial charge in [0.1, 0.15) is 18.7 Å². The van der Waals surface area contributed by atoms with E-state index in [-0.39, 0.29) is 41.3 Å². The van der Waals surface area contributed by atoms with Crippen molar-refractivity contribution in [2.75, 3.05) is 6.54 Å². The molecule has 0 unspecified atom stereocenters. The van der Waals surface area contributed by atoms with Crippen LogP contribution in [-0.2, 0) is 18.0 Å². The molecule has 1 aliphatic rings. The van der Waals surface area contributed by atoms with Gasteiger partial charge in [-0.1, -0.05) is 42.0 Å². The summed E-state index contributed by atoms with van der Waals surface area (Å²) in [5.41, 5.74) is 3.46. The maximum absolute atomic E-state index is 13.2. The van der Waals surface area contributed by atoms with Crippen molar-refractivity contribution >= 4 is 39.6 Å². The van der Waals surface area contributed by atoms with Crippen LogP contribution in [0.5, 0.6) is 0 Å². The van der Waals surface area contributed by atoms with Gasteiger partial charge in [-0.2, -0.15) is 10.5 Å². The summed E-state index contributed by atoms with van der Waals surface area (Å²) in [7, 11) is 0. The molecule has 0 spiro atoms. The Kier molecular flexibility index (Phi) is 7.11. The van der Waals surface area contributed by atoms with Crippen LogP contribution in [0.1, 0.15) is 67.2 Å². The minimum Gasteiger partial charge on any atom is -0.348 e. The lowest BCUT2D eigenvalue weighted by molar-refractivity contribution is -0.134. The number of benzene rings is 4. The second-order valence-corrected chi connectivity index (χ2v) is 9.55. The van der Waals surface area contributed by atoms with E-state index in [1.807, 2.05) is 50.3 Å². The molecule has 2 amide bonds. The summed E-state index contributed by atoms with van der Waals surface area (Å²) in [6.45, 7) is 4.46. The third-order valence-corrected chi connectivity index (χ3v) is 7.12. The summed E-state index contributed by atoms with van der Waals surface area (Å²) in [5.74, 6) is -0.817. The number of nitrogens with one attached hydrogen (secondary N) is 1. The SMILES string of the molecule is C/C=C(\C)CN1OCc2cc3c(C#N)c4cc(C(=O)NCc5ccccc5)c(C=O)cc4c(C#N)c3cc2C1=O. The van der Waals surface area contributed by atoms with E-state index in [0.29, 0.717) is 45.5 Å². The smallest absolute Gasteiger partial charge is 0.278 e. The highest BCUT2D eigenvalue weighted by Gasteiger charge is 2.28. The Balaban J connectivity index is 1.67. The van der Waals surface area contributed by atoms with Crippen molar-refractivity contribution in [2.24, 2.45) is 0 Å². The quantitative estimate of drug-likeness (QED) is 0.205. The van der Waals surface area contributed by atoms with Gasteiger partial charge in [-0.15, -0.1) is 0 Å². The molecule has 196 valence electrons. The standard InChI is InChI=1S/C32H24N4O4/c1-3-19(2)16-36-32(39)24-12-28-26(10-22(24)18-40-36)30(14-34)27-11-23(21(17-37)9-25(27)29(28)13-33)31(38)35-15-20-7-5-4-6-8-20/h3-12,17H,15-16,18H2,1-2H3,(H,35,38)/b19-3+. The average Bonchev–Trinajstić information content (AvgIpc) is 2.99. The van der Waals surface area contributed by atoms with Crippen LogP contribution in [0.2, 0.25) is 0 Å². The normalized spacial score (nSPS) is 13.1. The Labute approximate surface area is 230 Å². The minimum atomic E-state index is -0.476. The summed E-state index contributed by atoms with van der Waals surface area (Å²) in [6.07, 6.45) is 2.45. The average molecular weight is 529 g/mol. The third-order valence-electron chi connectivity index (χ3n) is 7.12. The fraction of sp³-hybridized carbons (Fsp3) is 0.156. The molecule has 0 atom stereocenters. The lowest BCUT2D eigenvalue weighted by Crippen LogP contribution is -2.36. The minimum absolute atomic E-state index is 0.0910. The molecule has 1 heterocycles. The molecule has 0 fully saturated rings. The van der Waals surface area contributed by atoms with Crippen LogP contribution in [0.3, 0.4) is 0 Å². The maximum Gasteiger partial charge on any atom is 0.278 e. The summed E-state index contributed by atoms with van der Waals surface area (Å²) in [4.78, 5) is 44.1. The molecule has 1 N–H and O–H groups in total. The first kappa shape index (κ1) is 26.3. The summed E-state index contributed by atoms with van der Waals surface area (Å²) < 4.78 is 0. The van der Waals surface area contributed by atoms with Crippen LogP contribution >= 0.6 is 0 Å². The van der Waals surface area contributed by atoms with E-state index in [1.54, 1.807) is 12.1 Å².